The van der Waals surface area contributed by atoms with Crippen molar-refractivity contribution >= 4 is 22.7 Å². The summed E-state index contributed by atoms with van der Waals surface area (Å²) in [5, 5.41) is 2.84. The number of amides is 1. The molecule has 1 aromatic heterocycles. The fourth-order valence-electron chi connectivity index (χ4n) is 3.01. The van der Waals surface area contributed by atoms with E-state index in [0.29, 0.717) is 28.4 Å². The minimum Gasteiger partial charge on any atom is -0.483 e. The summed E-state index contributed by atoms with van der Waals surface area (Å²) in [6.45, 7) is 3.92. The maximum Gasteiger partial charge on any atom is 0.262 e. The van der Waals surface area contributed by atoms with Gasteiger partial charge in [-0.05, 0) is 55.8 Å². The van der Waals surface area contributed by atoms with Gasteiger partial charge in [0.25, 0.3) is 5.91 Å². The van der Waals surface area contributed by atoms with Crippen molar-refractivity contribution in [3.05, 3.63) is 77.9 Å². The summed E-state index contributed by atoms with van der Waals surface area (Å²) in [6, 6.07) is 20.9. The summed E-state index contributed by atoms with van der Waals surface area (Å²) in [4.78, 5) is 16.8. The molecule has 0 saturated carbocycles. The molecular weight excluding hydrogens is 352 g/mol. The molecule has 4 rings (SSSR count). The van der Waals surface area contributed by atoms with Gasteiger partial charge < -0.3 is 14.5 Å². The zero-order valence-electron chi connectivity index (χ0n) is 15.7. The maximum absolute atomic E-state index is 12.2. The van der Waals surface area contributed by atoms with E-state index in [1.807, 2.05) is 62.4 Å². The average molecular weight is 372 g/mol. The molecule has 0 fully saturated rings. The van der Waals surface area contributed by atoms with Gasteiger partial charge in [-0.25, -0.2) is 4.98 Å². The Morgan fingerprint density at radius 3 is 2.64 bits per heavy atom. The highest BCUT2D eigenvalue weighted by molar-refractivity contribution is 5.94. The number of aryl methyl sites for hydroxylation is 2. The number of hydrogen-bond donors (Lipinski definition) is 1. The van der Waals surface area contributed by atoms with Crippen LogP contribution in [-0.4, -0.2) is 17.5 Å². The van der Waals surface area contributed by atoms with Crippen LogP contribution < -0.4 is 10.1 Å². The number of nitrogens with one attached hydrogen (secondary N) is 1. The van der Waals surface area contributed by atoms with Crippen LogP contribution in [0, 0.1) is 13.8 Å². The van der Waals surface area contributed by atoms with E-state index in [4.69, 9.17) is 9.15 Å². The van der Waals surface area contributed by atoms with Gasteiger partial charge in [-0.15, -0.1) is 0 Å². The molecule has 0 aliphatic carbocycles. The number of carbonyl (C=O) groups is 1. The molecule has 28 heavy (non-hydrogen) atoms. The fraction of sp³-hybridized carbons (Fsp3) is 0.130. The monoisotopic (exact) mass is 372 g/mol. The van der Waals surface area contributed by atoms with E-state index in [0.717, 1.165) is 16.7 Å². The number of benzene rings is 3. The SMILES string of the molecule is Cc1ccc(OCC(=O)Nc2ccc3oc(-c4ccccc4)nc3c2)c(C)c1. The van der Waals surface area contributed by atoms with Gasteiger partial charge in [0.1, 0.15) is 11.3 Å². The van der Waals surface area contributed by atoms with Crippen molar-refractivity contribution in [1.29, 1.82) is 0 Å². The second-order valence-electron chi connectivity index (χ2n) is 6.67. The molecule has 0 atom stereocenters. The number of nitrogens with zero attached hydrogens (tertiary/aromatic N) is 1. The van der Waals surface area contributed by atoms with Crippen LogP contribution in [0.25, 0.3) is 22.6 Å². The lowest BCUT2D eigenvalue weighted by Crippen LogP contribution is -2.20. The summed E-state index contributed by atoms with van der Waals surface area (Å²) in [7, 11) is 0. The van der Waals surface area contributed by atoms with Crippen molar-refractivity contribution in [2.75, 3.05) is 11.9 Å². The van der Waals surface area contributed by atoms with Crippen molar-refractivity contribution in [2.45, 2.75) is 13.8 Å². The summed E-state index contributed by atoms with van der Waals surface area (Å²) < 4.78 is 11.4. The molecule has 0 bridgehead atoms. The Bertz CT molecular complexity index is 1130. The molecule has 140 valence electrons. The van der Waals surface area contributed by atoms with Gasteiger partial charge in [0.05, 0.1) is 0 Å². The van der Waals surface area contributed by atoms with E-state index >= 15 is 0 Å². The normalized spacial score (nSPS) is 10.8. The van der Waals surface area contributed by atoms with Crippen molar-refractivity contribution in [1.82, 2.24) is 4.98 Å². The fourth-order valence-corrected chi connectivity index (χ4v) is 3.01. The number of oxazole rings is 1. The maximum atomic E-state index is 12.2. The number of rotatable bonds is 5. The number of aromatic nitrogens is 1. The van der Waals surface area contributed by atoms with E-state index < -0.39 is 0 Å². The first-order valence-electron chi connectivity index (χ1n) is 9.04. The van der Waals surface area contributed by atoms with E-state index in [1.54, 1.807) is 18.2 Å². The molecule has 3 aromatic carbocycles. The van der Waals surface area contributed by atoms with E-state index in [-0.39, 0.29) is 12.5 Å². The number of carbonyl (C=O) groups excluding carboxylic acids is 1. The number of fused-ring (bicyclic) bond motifs is 1. The van der Waals surface area contributed by atoms with Gasteiger partial charge in [0.15, 0.2) is 12.2 Å². The van der Waals surface area contributed by atoms with Crippen LogP contribution in [0.5, 0.6) is 5.75 Å². The molecule has 0 aliphatic heterocycles. The van der Waals surface area contributed by atoms with Gasteiger partial charge >= 0.3 is 0 Å². The number of anilines is 1. The smallest absolute Gasteiger partial charge is 0.262 e. The minimum absolute atomic E-state index is 0.0595. The predicted octanol–water partition coefficient (Wildman–Crippen LogP) is 5.13. The second-order valence-corrected chi connectivity index (χ2v) is 6.67. The van der Waals surface area contributed by atoms with Crippen LogP contribution >= 0.6 is 0 Å². The Kier molecular flexibility index (Phi) is 4.81. The van der Waals surface area contributed by atoms with Crippen molar-refractivity contribution in [2.24, 2.45) is 0 Å². The van der Waals surface area contributed by atoms with Gasteiger partial charge in [-0.2, -0.15) is 0 Å². The Morgan fingerprint density at radius 2 is 1.86 bits per heavy atom. The lowest BCUT2D eigenvalue weighted by atomic mass is 10.1. The van der Waals surface area contributed by atoms with Crippen molar-refractivity contribution in [3.8, 4) is 17.2 Å². The Balaban J connectivity index is 1.44. The molecule has 0 aliphatic rings. The zero-order chi connectivity index (χ0) is 19.5. The van der Waals surface area contributed by atoms with E-state index in [1.165, 1.54) is 0 Å². The van der Waals surface area contributed by atoms with Crippen LogP contribution in [0.4, 0.5) is 5.69 Å². The van der Waals surface area contributed by atoms with Crippen LogP contribution in [-0.2, 0) is 4.79 Å². The second kappa shape index (κ2) is 7.56. The average Bonchev–Trinajstić information content (AvgIpc) is 3.11. The molecular formula is C23H20N2O3. The molecule has 5 nitrogen and oxygen atoms in total. The lowest BCUT2D eigenvalue weighted by molar-refractivity contribution is -0.118. The van der Waals surface area contributed by atoms with Crippen LogP contribution in [0.15, 0.2) is 71.1 Å². The van der Waals surface area contributed by atoms with Gasteiger partial charge in [-0.1, -0.05) is 35.9 Å². The third-order valence-corrected chi connectivity index (χ3v) is 4.38. The standard InChI is InChI=1S/C23H20N2O3/c1-15-8-10-20(16(2)12-15)27-14-22(26)24-18-9-11-21-19(13-18)25-23(28-21)17-6-4-3-5-7-17/h3-13H,14H2,1-2H3,(H,24,26). The predicted molar refractivity (Wildman–Crippen MR) is 109 cm³/mol. The Morgan fingerprint density at radius 1 is 1.04 bits per heavy atom. The topological polar surface area (TPSA) is 64.4 Å². The molecule has 1 heterocycles. The molecule has 0 saturated heterocycles. The zero-order valence-corrected chi connectivity index (χ0v) is 15.7. The first-order valence-corrected chi connectivity index (χ1v) is 9.04. The van der Waals surface area contributed by atoms with Gasteiger partial charge in [0, 0.05) is 11.3 Å². The van der Waals surface area contributed by atoms with Gasteiger partial charge in [-0.3, -0.25) is 4.79 Å². The molecule has 1 N–H and O–H groups in total. The molecule has 0 radical (unpaired) electrons. The third-order valence-electron chi connectivity index (χ3n) is 4.38. The van der Waals surface area contributed by atoms with Crippen molar-refractivity contribution < 1.29 is 13.9 Å². The van der Waals surface area contributed by atoms with Crippen LogP contribution in [0.3, 0.4) is 0 Å². The number of ether oxygens (including phenoxy) is 1. The number of hydrogen-bond acceptors (Lipinski definition) is 4. The summed E-state index contributed by atoms with van der Waals surface area (Å²) >= 11 is 0. The third kappa shape index (κ3) is 3.88. The lowest BCUT2D eigenvalue weighted by Gasteiger charge is -2.10. The Labute approximate surface area is 163 Å². The highest BCUT2D eigenvalue weighted by atomic mass is 16.5. The molecule has 4 aromatic rings. The van der Waals surface area contributed by atoms with Crippen molar-refractivity contribution in [3.63, 3.8) is 0 Å². The quantitative estimate of drug-likeness (QED) is 0.527. The summed E-state index contributed by atoms with van der Waals surface area (Å²) in [5.74, 6) is 1.03. The van der Waals surface area contributed by atoms with Crippen LogP contribution in [0.1, 0.15) is 11.1 Å². The van der Waals surface area contributed by atoms with Gasteiger partial charge in [0.2, 0.25) is 5.89 Å². The largest absolute Gasteiger partial charge is 0.483 e. The summed E-state index contributed by atoms with van der Waals surface area (Å²) in [6.07, 6.45) is 0. The summed E-state index contributed by atoms with van der Waals surface area (Å²) in [5.41, 5.74) is 5.08. The molecule has 5 heteroatoms. The van der Waals surface area contributed by atoms with E-state index in [2.05, 4.69) is 10.3 Å². The first-order chi connectivity index (χ1) is 13.6. The highest BCUT2D eigenvalue weighted by Gasteiger charge is 2.10. The van der Waals surface area contributed by atoms with E-state index in [9.17, 15) is 4.79 Å². The minimum atomic E-state index is -0.230. The first kappa shape index (κ1) is 17.8. The molecule has 0 unspecified atom stereocenters. The Hall–Kier alpha value is -3.60. The highest BCUT2D eigenvalue weighted by Crippen LogP contribution is 2.26. The molecule has 0 spiro atoms. The van der Waals surface area contributed by atoms with Crippen LogP contribution in [0.2, 0.25) is 0 Å². The molecule has 1 amide bonds.